The van der Waals surface area contributed by atoms with E-state index in [2.05, 4.69) is 21.2 Å². The van der Waals surface area contributed by atoms with Crippen LogP contribution in [0.1, 0.15) is 0 Å². The van der Waals surface area contributed by atoms with E-state index in [-0.39, 0.29) is 18.2 Å². The number of hydrogen-bond donors (Lipinski definition) is 1. The first-order valence-corrected chi connectivity index (χ1v) is 8.84. The topological polar surface area (TPSA) is 81.5 Å². The fraction of sp³-hybridized carbons (Fsp3) is 0.0500. The van der Waals surface area contributed by atoms with Crippen LogP contribution in [-0.4, -0.2) is 17.4 Å². The molecule has 1 amide bonds. The SMILES string of the molecule is O=C(COc1ccc(-c2ccccc2)cc1)Nc1ccc([N+](=O)[O-])cc1Br. The zero-order valence-corrected chi connectivity index (χ0v) is 15.7. The predicted molar refractivity (Wildman–Crippen MR) is 107 cm³/mol. The third kappa shape index (κ3) is 4.92. The molecule has 0 radical (unpaired) electrons. The molecular weight excluding hydrogens is 412 g/mol. The highest BCUT2D eigenvalue weighted by atomic mass is 79.9. The second-order valence-electron chi connectivity index (χ2n) is 5.65. The molecule has 0 saturated carbocycles. The Labute approximate surface area is 164 Å². The summed E-state index contributed by atoms with van der Waals surface area (Å²) in [6.45, 7) is -0.173. The Morgan fingerprint density at radius 1 is 1.00 bits per heavy atom. The van der Waals surface area contributed by atoms with Crippen molar-refractivity contribution < 1.29 is 14.5 Å². The lowest BCUT2D eigenvalue weighted by Crippen LogP contribution is -2.20. The Balaban J connectivity index is 1.57. The Bertz CT molecular complexity index is 959. The van der Waals surface area contributed by atoms with E-state index < -0.39 is 4.92 Å². The first-order chi connectivity index (χ1) is 13.0. The average Bonchev–Trinajstić information content (AvgIpc) is 2.69. The summed E-state index contributed by atoms with van der Waals surface area (Å²) in [6.07, 6.45) is 0. The van der Waals surface area contributed by atoms with Crippen LogP contribution in [0.5, 0.6) is 5.75 Å². The van der Waals surface area contributed by atoms with Crippen molar-refractivity contribution >= 4 is 33.2 Å². The van der Waals surface area contributed by atoms with Crippen LogP contribution in [-0.2, 0) is 4.79 Å². The third-order valence-corrected chi connectivity index (χ3v) is 4.43. The van der Waals surface area contributed by atoms with Crippen molar-refractivity contribution in [1.82, 2.24) is 0 Å². The van der Waals surface area contributed by atoms with Crippen LogP contribution >= 0.6 is 15.9 Å². The molecule has 6 nitrogen and oxygen atoms in total. The van der Waals surface area contributed by atoms with Crippen molar-refractivity contribution in [3.05, 3.63) is 87.4 Å². The molecule has 0 aliphatic heterocycles. The van der Waals surface area contributed by atoms with E-state index in [1.165, 1.54) is 18.2 Å². The van der Waals surface area contributed by atoms with Crippen molar-refractivity contribution in [2.45, 2.75) is 0 Å². The van der Waals surface area contributed by atoms with E-state index in [9.17, 15) is 14.9 Å². The van der Waals surface area contributed by atoms with Crippen LogP contribution in [0, 0.1) is 10.1 Å². The minimum Gasteiger partial charge on any atom is -0.484 e. The van der Waals surface area contributed by atoms with Gasteiger partial charge in [0.25, 0.3) is 11.6 Å². The smallest absolute Gasteiger partial charge is 0.270 e. The maximum absolute atomic E-state index is 12.1. The molecule has 0 heterocycles. The molecule has 136 valence electrons. The predicted octanol–water partition coefficient (Wildman–Crippen LogP) is 5.04. The van der Waals surface area contributed by atoms with Crippen LogP contribution in [0.3, 0.4) is 0 Å². The summed E-state index contributed by atoms with van der Waals surface area (Å²) in [6, 6.07) is 21.5. The Kier molecular flexibility index (Phi) is 5.83. The second-order valence-corrected chi connectivity index (χ2v) is 6.50. The summed E-state index contributed by atoms with van der Waals surface area (Å²) < 4.78 is 5.93. The van der Waals surface area contributed by atoms with Gasteiger partial charge in [-0.3, -0.25) is 14.9 Å². The van der Waals surface area contributed by atoms with Crippen LogP contribution in [0.2, 0.25) is 0 Å². The molecule has 0 fully saturated rings. The molecule has 0 unspecified atom stereocenters. The molecule has 27 heavy (non-hydrogen) atoms. The molecule has 0 aliphatic carbocycles. The lowest BCUT2D eigenvalue weighted by molar-refractivity contribution is -0.384. The lowest BCUT2D eigenvalue weighted by atomic mass is 10.1. The highest BCUT2D eigenvalue weighted by molar-refractivity contribution is 9.10. The van der Waals surface area contributed by atoms with Gasteiger partial charge >= 0.3 is 0 Å². The number of hydrogen-bond acceptors (Lipinski definition) is 4. The zero-order valence-electron chi connectivity index (χ0n) is 14.1. The number of anilines is 1. The first-order valence-electron chi connectivity index (χ1n) is 8.05. The molecule has 0 spiro atoms. The Morgan fingerprint density at radius 3 is 2.30 bits per heavy atom. The number of ether oxygens (including phenoxy) is 1. The summed E-state index contributed by atoms with van der Waals surface area (Å²) in [4.78, 5) is 22.3. The number of carbonyl (C=O) groups excluding carboxylic acids is 1. The van der Waals surface area contributed by atoms with Gasteiger partial charge < -0.3 is 10.1 Å². The molecule has 0 aromatic heterocycles. The van der Waals surface area contributed by atoms with E-state index in [0.717, 1.165) is 11.1 Å². The van der Waals surface area contributed by atoms with Crippen molar-refractivity contribution in [2.24, 2.45) is 0 Å². The number of non-ortho nitro benzene ring substituents is 1. The van der Waals surface area contributed by atoms with Gasteiger partial charge in [0, 0.05) is 16.6 Å². The molecule has 3 rings (SSSR count). The maximum Gasteiger partial charge on any atom is 0.270 e. The maximum atomic E-state index is 12.1. The van der Waals surface area contributed by atoms with Crippen molar-refractivity contribution in [3.8, 4) is 16.9 Å². The van der Waals surface area contributed by atoms with Gasteiger partial charge in [-0.1, -0.05) is 42.5 Å². The zero-order chi connectivity index (χ0) is 19.2. The van der Waals surface area contributed by atoms with Gasteiger partial charge in [-0.25, -0.2) is 0 Å². The largest absolute Gasteiger partial charge is 0.484 e. The van der Waals surface area contributed by atoms with Gasteiger partial charge in [0.15, 0.2) is 6.61 Å². The Hall–Kier alpha value is -3.19. The van der Waals surface area contributed by atoms with Gasteiger partial charge in [-0.15, -0.1) is 0 Å². The first kappa shape index (κ1) is 18.6. The summed E-state index contributed by atoms with van der Waals surface area (Å²) in [5.74, 6) is 0.212. The molecule has 0 aliphatic rings. The second kappa shape index (κ2) is 8.46. The van der Waals surface area contributed by atoms with Crippen LogP contribution in [0.25, 0.3) is 11.1 Å². The van der Waals surface area contributed by atoms with Gasteiger partial charge in [0.05, 0.1) is 10.6 Å². The Morgan fingerprint density at radius 2 is 1.67 bits per heavy atom. The van der Waals surface area contributed by atoms with E-state index >= 15 is 0 Å². The summed E-state index contributed by atoms with van der Waals surface area (Å²) in [5.41, 5.74) is 2.54. The molecular formula is C20H15BrN2O4. The van der Waals surface area contributed by atoms with Crippen molar-refractivity contribution in [3.63, 3.8) is 0 Å². The fourth-order valence-corrected chi connectivity index (χ4v) is 2.89. The minimum absolute atomic E-state index is 0.0605. The fourth-order valence-electron chi connectivity index (χ4n) is 2.43. The summed E-state index contributed by atoms with van der Waals surface area (Å²) in [5, 5.41) is 13.4. The number of benzene rings is 3. The van der Waals surface area contributed by atoms with Gasteiger partial charge in [0.1, 0.15) is 5.75 Å². The van der Waals surface area contributed by atoms with E-state index in [1.54, 1.807) is 12.1 Å². The molecule has 0 atom stereocenters. The van der Waals surface area contributed by atoms with E-state index in [0.29, 0.717) is 15.9 Å². The van der Waals surface area contributed by atoms with Crippen LogP contribution in [0.15, 0.2) is 77.3 Å². The lowest BCUT2D eigenvalue weighted by Gasteiger charge is -2.09. The number of rotatable bonds is 6. The summed E-state index contributed by atoms with van der Waals surface area (Å²) >= 11 is 3.21. The number of nitrogens with zero attached hydrogens (tertiary/aromatic N) is 1. The molecule has 3 aromatic rings. The number of halogens is 1. The van der Waals surface area contributed by atoms with Crippen LogP contribution in [0.4, 0.5) is 11.4 Å². The van der Waals surface area contributed by atoms with E-state index in [4.69, 9.17) is 4.74 Å². The van der Waals surface area contributed by atoms with Gasteiger partial charge in [-0.05, 0) is 45.3 Å². The molecule has 0 bridgehead atoms. The average molecular weight is 427 g/mol. The van der Waals surface area contributed by atoms with Gasteiger partial charge in [0.2, 0.25) is 0 Å². The quantitative estimate of drug-likeness (QED) is 0.441. The number of nitro groups is 1. The van der Waals surface area contributed by atoms with Crippen molar-refractivity contribution in [2.75, 3.05) is 11.9 Å². The monoisotopic (exact) mass is 426 g/mol. The standard InChI is InChI=1S/C20H15BrN2O4/c21-18-12-16(23(25)26)8-11-19(18)22-20(24)13-27-17-9-6-15(7-10-17)14-4-2-1-3-5-14/h1-12H,13H2,(H,22,24). The number of nitro benzene ring substituents is 1. The summed E-state index contributed by atoms with van der Waals surface area (Å²) in [7, 11) is 0. The molecule has 1 N–H and O–H groups in total. The number of amides is 1. The third-order valence-electron chi connectivity index (χ3n) is 3.77. The normalized spacial score (nSPS) is 10.3. The highest BCUT2D eigenvalue weighted by Crippen LogP contribution is 2.27. The van der Waals surface area contributed by atoms with E-state index in [1.807, 2.05) is 42.5 Å². The number of carbonyl (C=O) groups is 1. The molecule has 7 heteroatoms. The minimum atomic E-state index is -0.501. The van der Waals surface area contributed by atoms with Crippen molar-refractivity contribution in [1.29, 1.82) is 0 Å². The number of nitrogens with one attached hydrogen (secondary N) is 1. The van der Waals surface area contributed by atoms with Gasteiger partial charge in [-0.2, -0.15) is 0 Å². The molecule has 0 saturated heterocycles. The highest BCUT2D eigenvalue weighted by Gasteiger charge is 2.11. The molecule has 3 aromatic carbocycles. The van der Waals surface area contributed by atoms with Crippen LogP contribution < -0.4 is 10.1 Å².